The normalized spacial score (nSPS) is 15.9. The van der Waals surface area contributed by atoms with E-state index in [0.29, 0.717) is 70.0 Å². The minimum Gasteiger partial charge on any atom is -0.495 e. The number of amides is 2. The summed E-state index contributed by atoms with van der Waals surface area (Å²) >= 11 is 12.7. The molecule has 16 nitrogen and oxygen atoms in total. The molecule has 408 valence electrons. The molecule has 4 N–H and O–H groups in total. The smallest absolute Gasteiger partial charge is 0.254 e. The number of benzene rings is 4. The molecule has 1 saturated carbocycles. The van der Waals surface area contributed by atoms with E-state index < -0.39 is 26.3 Å². The predicted molar refractivity (Wildman–Crippen MR) is 301 cm³/mol. The number of piperidine rings is 2. The number of sulfone groups is 1. The van der Waals surface area contributed by atoms with E-state index in [0.717, 1.165) is 91.2 Å². The Morgan fingerprint density at radius 1 is 0.701 bits per heavy atom. The van der Waals surface area contributed by atoms with Gasteiger partial charge in [-0.15, -0.1) is 0 Å². The average molecular weight is 1110 g/mol. The van der Waals surface area contributed by atoms with Gasteiger partial charge in [-0.2, -0.15) is 0 Å². The highest BCUT2D eigenvalue weighted by atomic mass is 35.5. The van der Waals surface area contributed by atoms with Crippen LogP contribution in [0.1, 0.15) is 105 Å². The summed E-state index contributed by atoms with van der Waals surface area (Å²) in [4.78, 5) is 47.9. The summed E-state index contributed by atoms with van der Waals surface area (Å²) < 4.78 is 50.7. The minimum atomic E-state index is -3.30. The lowest BCUT2D eigenvalue weighted by atomic mass is 10.0. The van der Waals surface area contributed by atoms with Crippen LogP contribution >= 0.6 is 23.2 Å². The number of methoxy groups -OCH3 is 2. The van der Waals surface area contributed by atoms with Gasteiger partial charge in [0.2, 0.25) is 11.9 Å². The van der Waals surface area contributed by atoms with Crippen LogP contribution in [0, 0.1) is 19.7 Å². The largest absolute Gasteiger partial charge is 0.495 e. The van der Waals surface area contributed by atoms with E-state index in [4.69, 9.17) is 37.7 Å². The highest BCUT2D eigenvalue weighted by Crippen LogP contribution is 2.45. The molecule has 2 aliphatic heterocycles. The van der Waals surface area contributed by atoms with Gasteiger partial charge in [0.25, 0.3) is 11.8 Å². The standard InChI is InChI=1S/C30H35ClFN5O3S.C27H32ClN5O3/c1-19-17-33-29(35-23-5-6-24(26(32)16-23)28(38)34-22-8-12-37(3)13-9-22)36-27(19)15-20-4-7-25(31)21(14-20)18-41(39,40)30(2)10-11-30;1-17-16-29-27(32-22(17)13-18-14-23(35-3)25(28)24(15-18)36-4)31-20-7-5-19(6-8-20)26(34)30-21-9-11-33(2)12-10-21/h4-7,14,16-17,22H,8-13,15,18H2,1-3H3,(H,34,38)(H,33,35,36);5-8,14-16,21H,9-13H2,1-4H3,(H,30,34)(H,29,31,32). The van der Waals surface area contributed by atoms with E-state index >= 15 is 0 Å². The Bertz CT molecular complexity index is 3180. The Kier molecular flexibility index (Phi) is 18.4. The Labute approximate surface area is 460 Å². The number of anilines is 4. The number of halogens is 3. The Balaban J connectivity index is 0.000000205. The zero-order valence-electron chi connectivity index (χ0n) is 44.6. The van der Waals surface area contributed by atoms with Crippen molar-refractivity contribution in [2.24, 2.45) is 0 Å². The molecule has 3 aliphatic rings. The molecule has 0 spiro atoms. The summed E-state index contributed by atoms with van der Waals surface area (Å²) in [6, 6.07) is 21.1. The molecular weight excluding hydrogens is 1040 g/mol. The molecule has 2 saturated heterocycles. The number of nitrogens with zero attached hydrogens (tertiary/aromatic N) is 6. The van der Waals surface area contributed by atoms with E-state index in [2.05, 4.69) is 53.1 Å². The first kappa shape index (κ1) is 56.8. The van der Waals surface area contributed by atoms with Crippen LogP contribution in [0.25, 0.3) is 0 Å². The van der Waals surface area contributed by atoms with Gasteiger partial charge in [-0.3, -0.25) is 9.59 Å². The second-order valence-electron chi connectivity index (χ2n) is 20.6. The third-order valence-electron chi connectivity index (χ3n) is 14.5. The zero-order valence-corrected chi connectivity index (χ0v) is 46.9. The van der Waals surface area contributed by atoms with E-state index in [1.54, 1.807) is 45.7 Å². The molecule has 0 unspecified atom stereocenters. The molecule has 77 heavy (non-hydrogen) atoms. The number of aromatic nitrogens is 4. The van der Waals surface area contributed by atoms with Crippen molar-refractivity contribution in [1.29, 1.82) is 0 Å². The highest BCUT2D eigenvalue weighted by molar-refractivity contribution is 7.92. The lowest BCUT2D eigenvalue weighted by molar-refractivity contribution is 0.0906. The second kappa shape index (κ2) is 24.9. The Hall–Kier alpha value is -6.44. The van der Waals surface area contributed by atoms with E-state index in [9.17, 15) is 22.4 Å². The molecule has 2 aromatic heterocycles. The molecule has 6 aromatic rings. The quantitative estimate of drug-likeness (QED) is 0.0674. The Morgan fingerprint density at radius 2 is 1.21 bits per heavy atom. The highest BCUT2D eigenvalue weighted by Gasteiger charge is 2.49. The summed E-state index contributed by atoms with van der Waals surface area (Å²) in [5, 5.41) is 13.2. The van der Waals surface area contributed by atoms with E-state index in [1.807, 2.05) is 69.4 Å². The number of ether oxygens (including phenoxy) is 2. The molecule has 1 aliphatic carbocycles. The maximum Gasteiger partial charge on any atom is 0.254 e. The second-order valence-corrected chi connectivity index (χ2v) is 23.9. The van der Waals surface area contributed by atoms with Crippen LogP contribution in [-0.4, -0.2) is 121 Å². The van der Waals surface area contributed by atoms with Gasteiger partial charge < -0.3 is 40.5 Å². The summed E-state index contributed by atoms with van der Waals surface area (Å²) in [5.41, 5.74) is 7.70. The van der Waals surface area contributed by atoms with Gasteiger partial charge >= 0.3 is 0 Å². The van der Waals surface area contributed by atoms with Crippen molar-refractivity contribution >= 4 is 68.1 Å². The summed E-state index contributed by atoms with van der Waals surface area (Å²) in [5.74, 6) is 0.684. The SMILES string of the molecule is COc1cc(Cc2nc(Nc3ccc(C(=O)NC4CCN(C)CC4)cc3)ncc2C)cc(OC)c1Cl.Cc1cnc(Nc2ccc(C(=O)NC3CCN(C)CC3)c(F)c2)nc1Cc1ccc(Cl)c(CS(=O)(=O)C2(C)CC2)c1. The average Bonchev–Trinajstić information content (AvgIpc) is 4.22. The maximum atomic E-state index is 14.9. The number of rotatable bonds is 17. The van der Waals surface area contributed by atoms with Gasteiger partial charge in [0.1, 0.15) is 22.3 Å². The number of likely N-dealkylation sites (tertiary alicyclic amines) is 2. The first-order valence-electron chi connectivity index (χ1n) is 25.8. The molecule has 0 bridgehead atoms. The van der Waals surface area contributed by atoms with Gasteiger partial charge in [-0.1, -0.05) is 35.3 Å². The monoisotopic (exact) mass is 1110 g/mol. The van der Waals surface area contributed by atoms with Gasteiger partial charge in [0.15, 0.2) is 9.84 Å². The molecular formula is C57H67Cl2FN10O6S. The van der Waals surface area contributed by atoms with Crippen LogP contribution in [-0.2, 0) is 28.4 Å². The van der Waals surface area contributed by atoms with Crippen molar-refractivity contribution in [3.05, 3.63) is 151 Å². The van der Waals surface area contributed by atoms with Crippen LogP contribution in [0.4, 0.5) is 27.7 Å². The molecule has 4 heterocycles. The number of hydrogen-bond donors (Lipinski definition) is 4. The molecule has 20 heteroatoms. The summed E-state index contributed by atoms with van der Waals surface area (Å²) in [6.45, 7) is 9.46. The number of aryl methyl sites for hydroxylation is 2. The summed E-state index contributed by atoms with van der Waals surface area (Å²) in [7, 11) is 4.00. The zero-order chi connectivity index (χ0) is 55.0. The fourth-order valence-electron chi connectivity index (χ4n) is 9.14. The lowest BCUT2D eigenvalue weighted by Crippen LogP contribution is -2.43. The maximum absolute atomic E-state index is 14.9. The molecule has 3 fully saturated rings. The van der Waals surface area contributed by atoms with Crippen molar-refractivity contribution in [2.45, 2.75) is 94.7 Å². The Morgan fingerprint density at radius 3 is 1.73 bits per heavy atom. The summed E-state index contributed by atoms with van der Waals surface area (Å²) in [6.07, 6.45) is 9.46. The number of hydrogen-bond acceptors (Lipinski definition) is 14. The fraction of sp³-hybridized carbons (Fsp3) is 0.404. The topological polar surface area (TPSA) is 193 Å². The van der Waals surface area contributed by atoms with Crippen molar-refractivity contribution < 1.29 is 31.9 Å². The van der Waals surface area contributed by atoms with Gasteiger partial charge in [0.05, 0.1) is 41.7 Å². The first-order chi connectivity index (χ1) is 36.8. The van der Waals surface area contributed by atoms with Crippen LogP contribution in [0.2, 0.25) is 10.0 Å². The van der Waals surface area contributed by atoms with E-state index in [-0.39, 0.29) is 35.3 Å². The van der Waals surface area contributed by atoms with Crippen molar-refractivity contribution in [2.75, 3.05) is 65.1 Å². The van der Waals surface area contributed by atoms with E-state index in [1.165, 1.54) is 12.1 Å². The lowest BCUT2D eigenvalue weighted by Gasteiger charge is -2.29. The molecule has 9 rings (SSSR count). The van der Waals surface area contributed by atoms with Crippen LogP contribution in [0.15, 0.2) is 85.2 Å². The molecule has 4 aromatic carbocycles. The van der Waals surface area contributed by atoms with Crippen LogP contribution in [0.3, 0.4) is 0 Å². The number of carbonyl (C=O) groups excluding carboxylic acids is 2. The number of nitrogens with one attached hydrogen (secondary N) is 4. The third-order valence-corrected chi connectivity index (χ3v) is 17.9. The number of carbonyl (C=O) groups is 2. The molecule has 0 radical (unpaired) electrons. The third kappa shape index (κ3) is 14.8. The van der Waals surface area contributed by atoms with Crippen molar-refractivity contribution in [3.8, 4) is 11.5 Å². The molecule has 2 amide bonds. The van der Waals surface area contributed by atoms with Crippen molar-refractivity contribution in [3.63, 3.8) is 0 Å². The fourth-order valence-corrected chi connectivity index (χ4v) is 11.4. The van der Waals surface area contributed by atoms with Gasteiger partial charge in [-0.05, 0) is 188 Å². The van der Waals surface area contributed by atoms with Crippen molar-refractivity contribution in [1.82, 2.24) is 40.4 Å². The van der Waals surface area contributed by atoms with Gasteiger partial charge in [-0.25, -0.2) is 32.7 Å². The first-order valence-corrected chi connectivity index (χ1v) is 28.2. The molecule has 0 atom stereocenters. The van der Waals surface area contributed by atoms with Crippen LogP contribution in [0.5, 0.6) is 11.5 Å². The van der Waals surface area contributed by atoms with Gasteiger partial charge in [0, 0.05) is 59.3 Å². The minimum absolute atomic E-state index is 0.00349. The predicted octanol–water partition coefficient (Wildman–Crippen LogP) is 9.82. The van der Waals surface area contributed by atoms with Crippen LogP contribution < -0.4 is 30.7 Å².